The maximum Gasteiger partial charge on any atom is 0.153 e. The average Bonchev–Trinajstić information content (AvgIpc) is 3.61. The van der Waals surface area contributed by atoms with Crippen LogP contribution in [0.5, 0.6) is 11.5 Å². The lowest BCUT2D eigenvalue weighted by molar-refractivity contribution is 0.472. The third kappa shape index (κ3) is 4.29. The van der Waals surface area contributed by atoms with Gasteiger partial charge in [-0.1, -0.05) is 151 Å². The molecule has 2 heterocycles. The first kappa shape index (κ1) is 33.5. The molecule has 0 amide bonds. The van der Waals surface area contributed by atoms with E-state index in [4.69, 9.17) is 4.74 Å². The van der Waals surface area contributed by atoms with Crippen molar-refractivity contribution in [2.45, 2.75) is 57.8 Å². The lowest BCUT2D eigenvalue weighted by Crippen LogP contribution is -2.32. The third-order valence-corrected chi connectivity index (χ3v) is 14.0. The second kappa shape index (κ2) is 11.3. The molecule has 4 aliphatic rings. The number of hydrogen-bond acceptors (Lipinski definition) is 3. The van der Waals surface area contributed by atoms with Gasteiger partial charge in [-0.25, -0.2) is 0 Å². The molecular formula is C55H44N2O. The van der Waals surface area contributed by atoms with Crippen LogP contribution in [0, 0.1) is 0 Å². The first-order chi connectivity index (χ1) is 28.0. The van der Waals surface area contributed by atoms with Crippen molar-refractivity contribution in [3.8, 4) is 33.8 Å². The largest absolute Gasteiger partial charge is 0.453 e. The number of rotatable bonds is 3. The molecule has 3 heteroatoms. The lowest BCUT2D eigenvalue weighted by Gasteiger charge is -2.45. The van der Waals surface area contributed by atoms with E-state index >= 15 is 0 Å². The standard InChI is InChI=1S/C55H44N2O/c1-53(2)42-19-11-9-17-38(42)40-26-24-34(29-45(40)53)56(35-25-27-41-39-18-10-12-20-43(39)54(3,4)46(41)30-35)36-31-47-52-50(32-36)58-49-28-23-33-15-7-8-16-37(33)51(49)57(52)48-22-14-13-21-44(48)55(47,5)6/h7-32H,1-6H3. The van der Waals surface area contributed by atoms with E-state index in [0.717, 1.165) is 39.9 Å². The van der Waals surface area contributed by atoms with Gasteiger partial charge < -0.3 is 14.5 Å². The van der Waals surface area contributed by atoms with E-state index in [1.165, 1.54) is 72.1 Å². The molecule has 2 aliphatic heterocycles. The maximum atomic E-state index is 7.13. The molecule has 0 N–H and O–H groups in total. The molecule has 0 saturated heterocycles. The Labute approximate surface area is 340 Å². The van der Waals surface area contributed by atoms with Crippen molar-refractivity contribution >= 4 is 44.9 Å². The molecule has 3 nitrogen and oxygen atoms in total. The summed E-state index contributed by atoms with van der Waals surface area (Å²) in [6.45, 7) is 14.2. The molecule has 0 unspecified atom stereocenters. The number of hydrogen-bond donors (Lipinski definition) is 0. The van der Waals surface area contributed by atoms with E-state index < -0.39 is 0 Å². The Balaban J connectivity index is 1.12. The zero-order valence-electron chi connectivity index (χ0n) is 33.8. The van der Waals surface area contributed by atoms with Crippen LogP contribution in [0.25, 0.3) is 33.0 Å². The molecule has 0 aromatic heterocycles. The van der Waals surface area contributed by atoms with Crippen LogP contribution in [0.1, 0.15) is 74.9 Å². The van der Waals surface area contributed by atoms with Crippen LogP contribution in [0.15, 0.2) is 158 Å². The van der Waals surface area contributed by atoms with Gasteiger partial charge in [0, 0.05) is 39.1 Å². The molecule has 280 valence electrons. The van der Waals surface area contributed by atoms with E-state index in [1.807, 2.05) is 0 Å². The molecule has 8 aromatic carbocycles. The summed E-state index contributed by atoms with van der Waals surface area (Å²) >= 11 is 0. The first-order valence-corrected chi connectivity index (χ1v) is 20.6. The number of nitrogens with zero attached hydrogens (tertiary/aromatic N) is 2. The highest BCUT2D eigenvalue weighted by molar-refractivity contribution is 6.06. The fraction of sp³-hybridized carbons (Fsp3) is 0.164. The van der Waals surface area contributed by atoms with E-state index in [1.54, 1.807) is 0 Å². The zero-order valence-corrected chi connectivity index (χ0v) is 33.8. The summed E-state index contributed by atoms with van der Waals surface area (Å²) in [6.07, 6.45) is 0. The van der Waals surface area contributed by atoms with Gasteiger partial charge >= 0.3 is 0 Å². The Bertz CT molecular complexity index is 2990. The number of para-hydroxylation sites is 1. The van der Waals surface area contributed by atoms with Gasteiger partial charge in [-0.3, -0.25) is 0 Å². The topological polar surface area (TPSA) is 15.7 Å². The Morgan fingerprint density at radius 2 is 0.914 bits per heavy atom. The zero-order chi connectivity index (χ0) is 39.3. The quantitative estimate of drug-likeness (QED) is 0.179. The highest BCUT2D eigenvalue weighted by Crippen LogP contribution is 2.63. The highest BCUT2D eigenvalue weighted by atomic mass is 16.5. The van der Waals surface area contributed by atoms with Gasteiger partial charge in [0.15, 0.2) is 11.5 Å². The predicted molar refractivity (Wildman–Crippen MR) is 241 cm³/mol. The Kier molecular flexibility index (Phi) is 6.53. The van der Waals surface area contributed by atoms with Crippen LogP contribution in [0.4, 0.5) is 34.1 Å². The van der Waals surface area contributed by atoms with Crippen molar-refractivity contribution in [1.29, 1.82) is 0 Å². The molecule has 0 bridgehead atoms. The lowest BCUT2D eigenvalue weighted by atomic mass is 9.72. The second-order valence-corrected chi connectivity index (χ2v) is 18.2. The Morgan fingerprint density at radius 3 is 1.57 bits per heavy atom. The monoisotopic (exact) mass is 748 g/mol. The van der Waals surface area contributed by atoms with E-state index in [9.17, 15) is 0 Å². The van der Waals surface area contributed by atoms with Crippen molar-refractivity contribution in [2.24, 2.45) is 0 Å². The molecule has 0 radical (unpaired) electrons. The molecule has 0 fully saturated rings. The van der Waals surface area contributed by atoms with Gasteiger partial charge in [-0.05, 0) is 103 Å². The summed E-state index contributed by atoms with van der Waals surface area (Å²) in [5.41, 5.74) is 19.5. The highest BCUT2D eigenvalue weighted by Gasteiger charge is 2.44. The SMILES string of the molecule is CC1(C)c2ccccc2-c2ccc(N(c3ccc4c(c3)C(C)(C)c3ccccc3-4)c3cc4c5c(c3)C(C)(C)c3ccccc3N5c3c(ccc5ccccc35)O4)cc21. The van der Waals surface area contributed by atoms with Crippen molar-refractivity contribution in [2.75, 3.05) is 9.80 Å². The van der Waals surface area contributed by atoms with Gasteiger partial charge in [0.05, 0.1) is 22.7 Å². The van der Waals surface area contributed by atoms with Crippen LogP contribution in [-0.4, -0.2) is 0 Å². The summed E-state index contributed by atoms with van der Waals surface area (Å²) in [5, 5.41) is 2.38. The van der Waals surface area contributed by atoms with Crippen molar-refractivity contribution in [3.63, 3.8) is 0 Å². The number of ether oxygens (including phenoxy) is 1. The second-order valence-electron chi connectivity index (χ2n) is 18.2. The van der Waals surface area contributed by atoms with Crippen LogP contribution < -0.4 is 14.5 Å². The van der Waals surface area contributed by atoms with Crippen molar-refractivity contribution in [3.05, 3.63) is 191 Å². The van der Waals surface area contributed by atoms with Gasteiger partial charge in [0.2, 0.25) is 0 Å². The molecule has 12 rings (SSSR count). The summed E-state index contributed by atoms with van der Waals surface area (Å²) in [5.74, 6) is 1.73. The van der Waals surface area contributed by atoms with Gasteiger partial charge in [-0.15, -0.1) is 0 Å². The Hall–Kier alpha value is -6.58. The molecule has 2 aliphatic carbocycles. The summed E-state index contributed by atoms with van der Waals surface area (Å²) < 4.78 is 7.13. The minimum Gasteiger partial charge on any atom is -0.453 e. The minimum atomic E-state index is -0.312. The fourth-order valence-electron chi connectivity index (χ4n) is 11.0. The predicted octanol–water partition coefficient (Wildman–Crippen LogP) is 15.1. The molecule has 0 atom stereocenters. The van der Waals surface area contributed by atoms with E-state index in [-0.39, 0.29) is 16.2 Å². The molecule has 0 saturated carbocycles. The molecule has 58 heavy (non-hydrogen) atoms. The van der Waals surface area contributed by atoms with Crippen LogP contribution >= 0.6 is 0 Å². The first-order valence-electron chi connectivity index (χ1n) is 20.6. The van der Waals surface area contributed by atoms with Crippen molar-refractivity contribution in [1.82, 2.24) is 0 Å². The Morgan fingerprint density at radius 1 is 0.397 bits per heavy atom. The third-order valence-electron chi connectivity index (χ3n) is 14.0. The van der Waals surface area contributed by atoms with Gasteiger partial charge in [-0.2, -0.15) is 0 Å². The maximum absolute atomic E-state index is 7.13. The summed E-state index contributed by atoms with van der Waals surface area (Å²) in [4.78, 5) is 4.96. The van der Waals surface area contributed by atoms with E-state index in [2.05, 4.69) is 209 Å². The number of anilines is 6. The van der Waals surface area contributed by atoms with Crippen LogP contribution in [0.2, 0.25) is 0 Å². The summed E-state index contributed by atoms with van der Waals surface area (Å²) in [7, 11) is 0. The number of fused-ring (bicyclic) bond motifs is 12. The molecule has 0 spiro atoms. The van der Waals surface area contributed by atoms with Gasteiger partial charge in [0.1, 0.15) is 0 Å². The molecule has 8 aromatic rings. The summed E-state index contributed by atoms with van der Waals surface area (Å²) in [6, 6.07) is 58.7. The molecular weight excluding hydrogens is 705 g/mol. The van der Waals surface area contributed by atoms with Crippen LogP contribution in [0.3, 0.4) is 0 Å². The normalized spacial score (nSPS) is 16.3. The van der Waals surface area contributed by atoms with E-state index in [0.29, 0.717) is 0 Å². The minimum absolute atomic E-state index is 0.140. The fourth-order valence-corrected chi connectivity index (χ4v) is 11.0. The van der Waals surface area contributed by atoms with Crippen LogP contribution in [-0.2, 0) is 16.2 Å². The smallest absolute Gasteiger partial charge is 0.153 e. The average molecular weight is 749 g/mol. The van der Waals surface area contributed by atoms with Gasteiger partial charge in [0.25, 0.3) is 0 Å². The van der Waals surface area contributed by atoms with Crippen molar-refractivity contribution < 1.29 is 4.74 Å². The number of benzene rings is 8.